The average Bonchev–Trinajstić information content (AvgIpc) is 3.33. The molecule has 37 heavy (non-hydrogen) atoms. The first-order valence-electron chi connectivity index (χ1n) is 11.2. The van der Waals surface area contributed by atoms with E-state index in [-0.39, 0.29) is 30.7 Å². The van der Waals surface area contributed by atoms with Gasteiger partial charge in [0.2, 0.25) is 22.7 Å². The largest absolute Gasteiger partial charge is 0.506 e. The fourth-order valence-electron chi connectivity index (χ4n) is 3.74. The van der Waals surface area contributed by atoms with E-state index in [0.717, 1.165) is 6.26 Å². The van der Waals surface area contributed by atoms with Crippen molar-refractivity contribution < 1.29 is 37.6 Å². The van der Waals surface area contributed by atoms with Crippen LogP contribution in [0.25, 0.3) is 0 Å². The highest BCUT2D eigenvalue weighted by molar-refractivity contribution is 7.92. The van der Waals surface area contributed by atoms with Gasteiger partial charge >= 0.3 is 0 Å². The van der Waals surface area contributed by atoms with Crippen LogP contribution in [0.4, 0.5) is 11.4 Å². The number of carbonyl (C=O) groups is 1. The highest BCUT2D eigenvalue weighted by atomic mass is 32.2. The Morgan fingerprint density at radius 1 is 1.03 bits per heavy atom. The molecule has 1 amide bonds. The van der Waals surface area contributed by atoms with Gasteiger partial charge in [-0.25, -0.2) is 8.42 Å². The molecular weight excluding hydrogens is 502 g/mol. The molecule has 0 saturated heterocycles. The minimum Gasteiger partial charge on any atom is -0.506 e. The van der Waals surface area contributed by atoms with Crippen molar-refractivity contribution in [1.29, 1.82) is 0 Å². The van der Waals surface area contributed by atoms with E-state index in [1.54, 1.807) is 42.5 Å². The topological polar surface area (TPSA) is 155 Å². The number of aromatic hydroxyl groups is 1. The smallest absolute Gasteiger partial charge is 0.246 e. The molecule has 1 aliphatic heterocycles. The highest BCUT2D eigenvalue weighted by Gasteiger charge is 2.24. The zero-order valence-electron chi connectivity index (χ0n) is 20.1. The lowest BCUT2D eigenvalue weighted by Crippen LogP contribution is -2.35. The van der Waals surface area contributed by atoms with Gasteiger partial charge in [-0.3, -0.25) is 14.8 Å². The standard InChI is InChI=1S/C25H27N3O8S/c1-34-18-7-3-15(4-8-18)24(25(31)27-17-6-10-22-23(12-17)36-14-35-22)26-13-21(30)16-5-9-20(29)19(11-16)28-37(2,32)33/h3-12,21,24,26,28-30H,13-14H2,1-2H3,(H,27,31)/t21-,24-/m0/s1. The van der Waals surface area contributed by atoms with Crippen LogP contribution in [0.2, 0.25) is 0 Å². The van der Waals surface area contributed by atoms with Crippen molar-refractivity contribution >= 4 is 27.3 Å². The summed E-state index contributed by atoms with van der Waals surface area (Å²) in [6.07, 6.45) is -0.172. The van der Waals surface area contributed by atoms with Gasteiger partial charge in [-0.15, -0.1) is 0 Å². The number of carbonyl (C=O) groups excluding carboxylic acids is 1. The van der Waals surface area contributed by atoms with Crippen molar-refractivity contribution in [2.45, 2.75) is 12.1 Å². The summed E-state index contributed by atoms with van der Waals surface area (Å²) in [5.74, 6) is 1.06. The second-order valence-corrected chi connectivity index (χ2v) is 10.1. The first kappa shape index (κ1) is 26.1. The molecule has 2 atom stereocenters. The first-order valence-corrected chi connectivity index (χ1v) is 13.1. The lowest BCUT2D eigenvalue weighted by Gasteiger charge is -2.22. The van der Waals surface area contributed by atoms with E-state index in [1.165, 1.54) is 25.3 Å². The van der Waals surface area contributed by atoms with Crippen molar-refractivity contribution in [3.8, 4) is 23.0 Å². The predicted molar refractivity (Wildman–Crippen MR) is 136 cm³/mol. The fraction of sp³-hybridized carbons (Fsp3) is 0.240. The molecule has 0 bridgehead atoms. The molecule has 196 valence electrons. The second-order valence-electron chi connectivity index (χ2n) is 8.34. The van der Waals surface area contributed by atoms with Gasteiger partial charge in [-0.1, -0.05) is 18.2 Å². The summed E-state index contributed by atoms with van der Waals surface area (Å²) >= 11 is 0. The first-order chi connectivity index (χ1) is 17.6. The summed E-state index contributed by atoms with van der Waals surface area (Å²) in [5.41, 5.74) is 1.40. The number of phenolic OH excluding ortho intramolecular Hbond substituents is 1. The number of nitrogens with one attached hydrogen (secondary N) is 3. The number of rotatable bonds is 10. The van der Waals surface area contributed by atoms with Crippen molar-refractivity contribution in [2.75, 3.05) is 36.7 Å². The molecule has 0 spiro atoms. The molecule has 0 fully saturated rings. The third kappa shape index (κ3) is 6.61. The van der Waals surface area contributed by atoms with Gasteiger partial charge in [0.05, 0.1) is 25.2 Å². The molecule has 3 aromatic carbocycles. The highest BCUT2D eigenvalue weighted by Crippen LogP contribution is 2.34. The Kier molecular flexibility index (Phi) is 7.71. The van der Waals surface area contributed by atoms with Crippen LogP contribution in [-0.2, 0) is 14.8 Å². The Hall–Kier alpha value is -4.00. The molecule has 4 rings (SSSR count). The summed E-state index contributed by atoms with van der Waals surface area (Å²) < 4.78 is 41.2. The maximum absolute atomic E-state index is 13.3. The van der Waals surface area contributed by atoms with Gasteiger partial charge in [0.25, 0.3) is 0 Å². The number of benzene rings is 3. The maximum atomic E-state index is 13.3. The van der Waals surface area contributed by atoms with Crippen LogP contribution in [0.3, 0.4) is 0 Å². The lowest BCUT2D eigenvalue weighted by molar-refractivity contribution is -0.118. The Bertz CT molecular complexity index is 1380. The quantitative estimate of drug-likeness (QED) is 0.249. The number of fused-ring (bicyclic) bond motifs is 1. The van der Waals surface area contributed by atoms with Crippen LogP contribution in [0.15, 0.2) is 60.7 Å². The average molecular weight is 530 g/mol. The van der Waals surface area contributed by atoms with Gasteiger partial charge < -0.3 is 29.7 Å². The SMILES string of the molecule is COc1ccc([C@H](NC[C@H](O)c2ccc(O)c(NS(C)(=O)=O)c2)C(=O)Nc2ccc3c(c2)OCO3)cc1. The lowest BCUT2D eigenvalue weighted by atomic mass is 10.0. The minimum absolute atomic E-state index is 0.0612. The molecule has 0 aliphatic carbocycles. The van der Waals surface area contributed by atoms with Crippen molar-refractivity contribution in [3.63, 3.8) is 0 Å². The predicted octanol–water partition coefficient (Wildman–Crippen LogP) is 2.50. The molecule has 0 radical (unpaired) electrons. The molecule has 1 heterocycles. The molecule has 5 N–H and O–H groups in total. The molecule has 11 nitrogen and oxygen atoms in total. The maximum Gasteiger partial charge on any atom is 0.246 e. The van der Waals surface area contributed by atoms with E-state index in [4.69, 9.17) is 14.2 Å². The molecule has 0 aromatic heterocycles. The van der Waals surface area contributed by atoms with Crippen LogP contribution >= 0.6 is 0 Å². The van der Waals surface area contributed by atoms with Crippen LogP contribution in [-0.4, -0.2) is 51.2 Å². The van der Waals surface area contributed by atoms with Gasteiger partial charge in [-0.2, -0.15) is 0 Å². The van der Waals surface area contributed by atoms with Crippen molar-refractivity contribution in [3.05, 3.63) is 71.8 Å². The monoisotopic (exact) mass is 529 g/mol. The zero-order valence-corrected chi connectivity index (χ0v) is 20.9. The van der Waals surface area contributed by atoms with Crippen molar-refractivity contribution in [1.82, 2.24) is 5.32 Å². The Morgan fingerprint density at radius 3 is 2.43 bits per heavy atom. The number of methoxy groups -OCH3 is 1. The van der Waals surface area contributed by atoms with Gasteiger partial charge in [-0.05, 0) is 47.5 Å². The summed E-state index contributed by atoms with van der Waals surface area (Å²) in [6, 6.07) is 15.2. The molecule has 3 aromatic rings. The van der Waals surface area contributed by atoms with E-state index < -0.39 is 22.2 Å². The number of amides is 1. The summed E-state index contributed by atoms with van der Waals surface area (Å²) in [4.78, 5) is 13.3. The molecule has 1 aliphatic rings. The van der Waals surface area contributed by atoms with Gasteiger partial charge in [0.15, 0.2) is 11.5 Å². The number of hydrogen-bond acceptors (Lipinski definition) is 9. The van der Waals surface area contributed by atoms with Crippen molar-refractivity contribution in [2.24, 2.45) is 0 Å². The van der Waals surface area contributed by atoms with E-state index in [9.17, 15) is 23.4 Å². The number of hydrogen-bond donors (Lipinski definition) is 5. The fourth-order valence-corrected chi connectivity index (χ4v) is 4.30. The van der Waals surface area contributed by atoms with Crippen LogP contribution in [0.5, 0.6) is 23.0 Å². The van der Waals surface area contributed by atoms with E-state index in [1.807, 2.05) is 0 Å². The van der Waals surface area contributed by atoms with Gasteiger partial charge in [0, 0.05) is 18.3 Å². The minimum atomic E-state index is -3.64. The summed E-state index contributed by atoms with van der Waals surface area (Å²) in [7, 11) is -2.10. The third-order valence-electron chi connectivity index (χ3n) is 5.57. The van der Waals surface area contributed by atoms with E-state index in [2.05, 4.69) is 15.4 Å². The van der Waals surface area contributed by atoms with Crippen LogP contribution in [0.1, 0.15) is 23.3 Å². The van der Waals surface area contributed by atoms with E-state index in [0.29, 0.717) is 34.1 Å². The van der Waals surface area contributed by atoms with Crippen LogP contribution in [0, 0.1) is 0 Å². The zero-order chi connectivity index (χ0) is 26.6. The molecule has 0 saturated carbocycles. The summed E-state index contributed by atoms with van der Waals surface area (Å²) in [5, 5.41) is 26.7. The number of phenols is 1. The van der Waals surface area contributed by atoms with Gasteiger partial charge in [0.1, 0.15) is 17.5 Å². The van der Waals surface area contributed by atoms with Crippen LogP contribution < -0.4 is 29.6 Å². The van der Waals surface area contributed by atoms with E-state index >= 15 is 0 Å². The molecular formula is C25H27N3O8S. The summed E-state index contributed by atoms with van der Waals surface area (Å²) in [6.45, 7) is 0.0493. The number of aliphatic hydroxyl groups is 1. The number of sulfonamides is 1. The number of aliphatic hydroxyl groups excluding tert-OH is 1. The third-order valence-corrected chi connectivity index (χ3v) is 6.16. The Labute approximate surface area is 214 Å². The second kappa shape index (κ2) is 10.9. The Balaban J connectivity index is 1.52. The normalized spacial score (nSPS) is 14.0. The number of ether oxygens (including phenoxy) is 3. The molecule has 12 heteroatoms. The molecule has 0 unspecified atom stereocenters. The Morgan fingerprint density at radius 2 is 1.73 bits per heavy atom. The number of anilines is 2.